The minimum atomic E-state index is 0. The van der Waals surface area contributed by atoms with Gasteiger partial charge in [0.1, 0.15) is 5.82 Å². The molecule has 1 fully saturated rings. The highest BCUT2D eigenvalue weighted by Gasteiger charge is 2.20. The molecule has 170 valence electrons. The van der Waals surface area contributed by atoms with Gasteiger partial charge in [0.25, 0.3) is 0 Å². The molecule has 0 saturated carbocycles. The van der Waals surface area contributed by atoms with Crippen molar-refractivity contribution in [2.24, 2.45) is 4.99 Å². The fourth-order valence-corrected chi connectivity index (χ4v) is 3.55. The predicted molar refractivity (Wildman–Crippen MR) is 140 cm³/mol. The topological polar surface area (TPSA) is 53.0 Å². The van der Waals surface area contributed by atoms with E-state index in [-0.39, 0.29) is 24.0 Å². The van der Waals surface area contributed by atoms with Crippen LogP contribution >= 0.6 is 24.0 Å². The van der Waals surface area contributed by atoms with Crippen LogP contribution in [0.3, 0.4) is 0 Å². The summed E-state index contributed by atoms with van der Waals surface area (Å²) in [7, 11) is 0. The Morgan fingerprint density at radius 3 is 2.48 bits per heavy atom. The highest BCUT2D eigenvalue weighted by Crippen LogP contribution is 2.12. The van der Waals surface area contributed by atoms with Crippen LogP contribution in [-0.2, 0) is 11.2 Å². The number of halogens is 1. The molecule has 0 amide bonds. The van der Waals surface area contributed by atoms with Crippen LogP contribution in [-0.4, -0.2) is 68.3 Å². The van der Waals surface area contributed by atoms with Crippen molar-refractivity contribution in [1.82, 2.24) is 15.2 Å². The highest BCUT2D eigenvalue weighted by atomic mass is 127. The summed E-state index contributed by atoms with van der Waals surface area (Å²) in [5.74, 6) is 2.09. The van der Waals surface area contributed by atoms with E-state index in [0.29, 0.717) is 0 Å². The lowest BCUT2D eigenvalue weighted by atomic mass is 10.2. The second-order valence-corrected chi connectivity index (χ2v) is 7.45. The van der Waals surface area contributed by atoms with Gasteiger partial charge in [0.2, 0.25) is 0 Å². The fourth-order valence-electron chi connectivity index (χ4n) is 3.55. The lowest BCUT2D eigenvalue weighted by molar-refractivity contribution is 0.134. The zero-order valence-corrected chi connectivity index (χ0v) is 20.9. The Bertz CT molecular complexity index is 736. The highest BCUT2D eigenvalue weighted by molar-refractivity contribution is 14.0. The number of aliphatic imine (C=N–C) groups is 1. The first kappa shape index (κ1) is 25.4. The van der Waals surface area contributed by atoms with E-state index in [1.807, 2.05) is 24.4 Å². The number of nitrogens with one attached hydrogen (secondary N) is 1. The zero-order valence-electron chi connectivity index (χ0n) is 18.6. The molecule has 7 heteroatoms. The third-order valence-electron chi connectivity index (χ3n) is 5.22. The first-order chi connectivity index (χ1) is 14.9. The predicted octanol–water partition coefficient (Wildman–Crippen LogP) is 3.83. The number of rotatable bonds is 10. The van der Waals surface area contributed by atoms with Crippen LogP contribution < -0.4 is 10.2 Å². The molecule has 0 bridgehead atoms. The van der Waals surface area contributed by atoms with Crippen molar-refractivity contribution in [2.75, 3.05) is 57.4 Å². The molecule has 1 aliphatic heterocycles. The number of benzene rings is 1. The van der Waals surface area contributed by atoms with E-state index in [1.165, 1.54) is 5.56 Å². The summed E-state index contributed by atoms with van der Waals surface area (Å²) in [4.78, 5) is 14.0. The van der Waals surface area contributed by atoms with Gasteiger partial charge in [0.15, 0.2) is 5.96 Å². The number of unbranched alkanes of at least 4 members (excludes halogenated alkanes) is 1. The molecule has 1 aliphatic rings. The molecule has 31 heavy (non-hydrogen) atoms. The molecule has 0 spiro atoms. The SMILES string of the molecule is CCNC(=NCCCCOCCc1ccccc1)N1CCN(c2ccccn2)CC1.I. The second-order valence-electron chi connectivity index (χ2n) is 7.45. The van der Waals surface area contributed by atoms with Crippen LogP contribution in [0.1, 0.15) is 25.3 Å². The minimum absolute atomic E-state index is 0. The molecule has 0 atom stereocenters. The van der Waals surface area contributed by atoms with E-state index in [9.17, 15) is 0 Å². The molecule has 1 aromatic carbocycles. The Labute approximate surface area is 204 Å². The normalized spacial score (nSPS) is 14.3. The number of pyridine rings is 1. The van der Waals surface area contributed by atoms with Gasteiger partial charge in [-0.15, -0.1) is 24.0 Å². The van der Waals surface area contributed by atoms with E-state index >= 15 is 0 Å². The molecule has 1 aromatic heterocycles. The van der Waals surface area contributed by atoms with Crippen molar-refractivity contribution in [3.05, 3.63) is 60.3 Å². The number of hydrogen-bond acceptors (Lipinski definition) is 4. The second kappa shape index (κ2) is 15.0. The van der Waals surface area contributed by atoms with Gasteiger partial charge in [0.05, 0.1) is 6.61 Å². The fraction of sp³-hybridized carbons (Fsp3) is 0.500. The summed E-state index contributed by atoms with van der Waals surface area (Å²) >= 11 is 0. The van der Waals surface area contributed by atoms with Gasteiger partial charge in [-0.1, -0.05) is 36.4 Å². The first-order valence-corrected chi connectivity index (χ1v) is 11.2. The monoisotopic (exact) mass is 537 g/mol. The molecule has 3 rings (SSSR count). The van der Waals surface area contributed by atoms with Gasteiger partial charge in [-0.05, 0) is 43.9 Å². The number of ether oxygens (including phenoxy) is 1. The molecule has 1 saturated heterocycles. The van der Waals surface area contributed by atoms with Crippen LogP contribution in [0.4, 0.5) is 5.82 Å². The average molecular weight is 537 g/mol. The standard InChI is InChI=1S/C24H35N5O.HI/c1-2-25-24(29-18-16-28(17-19-29)23-12-6-7-14-26-23)27-15-8-9-20-30-21-13-22-10-4-3-5-11-22;/h3-7,10-12,14H,2,8-9,13,15-21H2,1H3,(H,25,27);1H. The number of piperazine rings is 1. The largest absolute Gasteiger partial charge is 0.381 e. The van der Waals surface area contributed by atoms with E-state index in [4.69, 9.17) is 9.73 Å². The lowest BCUT2D eigenvalue weighted by Gasteiger charge is -2.37. The summed E-state index contributed by atoms with van der Waals surface area (Å²) in [6, 6.07) is 16.6. The van der Waals surface area contributed by atoms with Gasteiger partial charge < -0.3 is 19.9 Å². The molecule has 0 unspecified atom stereocenters. The van der Waals surface area contributed by atoms with Crippen molar-refractivity contribution >= 4 is 35.8 Å². The van der Waals surface area contributed by atoms with Gasteiger partial charge in [-0.2, -0.15) is 0 Å². The van der Waals surface area contributed by atoms with Crippen LogP contribution in [0.5, 0.6) is 0 Å². The molecule has 0 aliphatic carbocycles. The molecule has 2 heterocycles. The molecule has 6 nitrogen and oxygen atoms in total. The number of nitrogens with zero attached hydrogens (tertiary/aromatic N) is 4. The Morgan fingerprint density at radius 1 is 1.00 bits per heavy atom. The van der Waals surface area contributed by atoms with Gasteiger partial charge in [-0.3, -0.25) is 4.99 Å². The van der Waals surface area contributed by atoms with Crippen molar-refractivity contribution in [3.63, 3.8) is 0 Å². The van der Waals surface area contributed by atoms with Crippen LogP contribution in [0.15, 0.2) is 59.7 Å². The first-order valence-electron chi connectivity index (χ1n) is 11.2. The number of anilines is 1. The van der Waals surface area contributed by atoms with E-state index in [1.54, 1.807) is 0 Å². The summed E-state index contributed by atoms with van der Waals surface area (Å²) in [6.45, 7) is 9.31. The quantitative estimate of drug-likeness (QED) is 0.216. The molecule has 1 N–H and O–H groups in total. The minimum Gasteiger partial charge on any atom is -0.381 e. The van der Waals surface area contributed by atoms with Gasteiger partial charge >= 0.3 is 0 Å². The third-order valence-corrected chi connectivity index (χ3v) is 5.22. The molecule has 0 radical (unpaired) electrons. The zero-order chi connectivity index (χ0) is 20.9. The Kier molecular flexibility index (Phi) is 12.3. The lowest BCUT2D eigenvalue weighted by Crippen LogP contribution is -2.52. The van der Waals surface area contributed by atoms with E-state index in [0.717, 1.165) is 83.5 Å². The smallest absolute Gasteiger partial charge is 0.194 e. The number of hydrogen-bond donors (Lipinski definition) is 1. The Hall–Kier alpha value is -1.87. The third kappa shape index (κ3) is 9.03. The van der Waals surface area contributed by atoms with Gasteiger partial charge in [-0.25, -0.2) is 4.98 Å². The van der Waals surface area contributed by atoms with Crippen molar-refractivity contribution < 1.29 is 4.74 Å². The van der Waals surface area contributed by atoms with Crippen LogP contribution in [0, 0.1) is 0 Å². The van der Waals surface area contributed by atoms with Crippen molar-refractivity contribution in [3.8, 4) is 0 Å². The van der Waals surface area contributed by atoms with Crippen molar-refractivity contribution in [2.45, 2.75) is 26.2 Å². The maximum atomic E-state index is 5.78. The van der Waals surface area contributed by atoms with Gasteiger partial charge in [0, 0.05) is 52.1 Å². The number of aromatic nitrogens is 1. The summed E-state index contributed by atoms with van der Waals surface area (Å²) < 4.78 is 5.78. The molecule has 2 aromatic rings. The van der Waals surface area contributed by atoms with Crippen molar-refractivity contribution in [1.29, 1.82) is 0 Å². The van der Waals surface area contributed by atoms with Crippen LogP contribution in [0.2, 0.25) is 0 Å². The van der Waals surface area contributed by atoms with E-state index in [2.05, 4.69) is 57.4 Å². The van der Waals surface area contributed by atoms with Crippen LogP contribution in [0.25, 0.3) is 0 Å². The summed E-state index contributed by atoms with van der Waals surface area (Å²) in [5.41, 5.74) is 1.33. The average Bonchev–Trinajstić information content (AvgIpc) is 2.81. The maximum Gasteiger partial charge on any atom is 0.194 e. The summed E-state index contributed by atoms with van der Waals surface area (Å²) in [5, 5.41) is 3.45. The van der Waals surface area contributed by atoms with E-state index < -0.39 is 0 Å². The number of guanidine groups is 1. The Balaban J connectivity index is 0.00000341. The maximum absolute atomic E-state index is 5.78. The molecular weight excluding hydrogens is 501 g/mol. The molecular formula is C24H36IN5O. The Morgan fingerprint density at radius 2 is 1.77 bits per heavy atom. The summed E-state index contributed by atoms with van der Waals surface area (Å²) in [6.07, 6.45) is 4.94.